The topological polar surface area (TPSA) is 29.9 Å². The van der Waals surface area contributed by atoms with Crippen molar-refractivity contribution in [2.75, 3.05) is 13.1 Å². The summed E-state index contributed by atoms with van der Waals surface area (Å²) in [5.74, 6) is 1.32. The first kappa shape index (κ1) is 12.6. The van der Waals surface area contributed by atoms with Gasteiger partial charge in [0.2, 0.25) is 0 Å². The maximum Gasteiger partial charge on any atom is 0.125 e. The third kappa shape index (κ3) is 2.25. The summed E-state index contributed by atoms with van der Waals surface area (Å²) in [6.07, 6.45) is 2.34. The van der Waals surface area contributed by atoms with Gasteiger partial charge in [-0.1, -0.05) is 0 Å². The molecule has 1 aromatic carbocycles. The van der Waals surface area contributed by atoms with E-state index in [4.69, 9.17) is 4.98 Å². The van der Waals surface area contributed by atoms with Gasteiger partial charge in [0.05, 0.1) is 11.0 Å². The molecule has 2 heterocycles. The van der Waals surface area contributed by atoms with Gasteiger partial charge in [-0.15, -0.1) is 0 Å². The Hall–Kier alpha value is -1.42. The molecule has 19 heavy (non-hydrogen) atoms. The van der Waals surface area contributed by atoms with E-state index >= 15 is 0 Å². The van der Waals surface area contributed by atoms with Crippen LogP contribution in [0.3, 0.4) is 0 Å². The maximum atomic E-state index is 13.4. The molecule has 3 nitrogen and oxygen atoms in total. The van der Waals surface area contributed by atoms with E-state index in [1.165, 1.54) is 18.6 Å². The van der Waals surface area contributed by atoms with Crippen LogP contribution in [0.25, 0.3) is 11.0 Å². The Bertz CT molecular complexity index is 582. The van der Waals surface area contributed by atoms with Gasteiger partial charge in [-0.3, -0.25) is 0 Å². The van der Waals surface area contributed by atoms with Crippen LogP contribution in [0.1, 0.15) is 44.5 Å². The number of imidazole rings is 1. The molecule has 102 valence electrons. The van der Waals surface area contributed by atoms with Crippen LogP contribution in [0.5, 0.6) is 0 Å². The molecule has 1 aromatic heterocycles. The monoisotopic (exact) mass is 261 g/mol. The van der Waals surface area contributed by atoms with E-state index in [9.17, 15) is 4.39 Å². The second-order valence-corrected chi connectivity index (χ2v) is 5.61. The first-order valence-electron chi connectivity index (χ1n) is 7.05. The summed E-state index contributed by atoms with van der Waals surface area (Å²) in [5.41, 5.74) is 1.81. The maximum absolute atomic E-state index is 13.4. The molecule has 0 spiro atoms. The van der Waals surface area contributed by atoms with Crippen molar-refractivity contribution in [1.82, 2.24) is 14.9 Å². The van der Waals surface area contributed by atoms with Crippen molar-refractivity contribution in [3.05, 3.63) is 29.8 Å². The lowest BCUT2D eigenvalue weighted by molar-refractivity contribution is 0.425. The number of halogens is 1. The summed E-state index contributed by atoms with van der Waals surface area (Å²) in [6.45, 7) is 6.38. The molecular weight excluding hydrogens is 241 g/mol. The Morgan fingerprint density at radius 1 is 1.42 bits per heavy atom. The minimum absolute atomic E-state index is 0.214. The van der Waals surface area contributed by atoms with Gasteiger partial charge in [-0.05, 0) is 45.4 Å². The number of nitrogens with one attached hydrogen (secondary N) is 1. The van der Waals surface area contributed by atoms with Crippen molar-refractivity contribution < 1.29 is 4.39 Å². The van der Waals surface area contributed by atoms with Crippen molar-refractivity contribution in [2.24, 2.45) is 0 Å². The van der Waals surface area contributed by atoms with Crippen LogP contribution in [0, 0.1) is 5.82 Å². The third-order valence-electron chi connectivity index (χ3n) is 3.86. The number of benzene rings is 1. The molecule has 1 fully saturated rings. The molecule has 1 unspecified atom stereocenters. The van der Waals surface area contributed by atoms with E-state index in [0.717, 1.165) is 36.4 Å². The summed E-state index contributed by atoms with van der Waals surface area (Å²) in [6, 6.07) is 5.24. The first-order valence-corrected chi connectivity index (χ1v) is 7.05. The van der Waals surface area contributed by atoms with Crippen molar-refractivity contribution >= 4 is 11.0 Å². The number of hydrogen-bond acceptors (Lipinski definition) is 2. The molecule has 1 atom stereocenters. The van der Waals surface area contributed by atoms with Gasteiger partial charge < -0.3 is 9.88 Å². The fourth-order valence-corrected chi connectivity index (χ4v) is 2.99. The highest BCUT2D eigenvalue weighted by Crippen LogP contribution is 2.29. The summed E-state index contributed by atoms with van der Waals surface area (Å²) in [7, 11) is 0. The summed E-state index contributed by atoms with van der Waals surface area (Å²) >= 11 is 0. The first-order chi connectivity index (χ1) is 9.16. The summed E-state index contributed by atoms with van der Waals surface area (Å²) in [4.78, 5) is 4.70. The van der Waals surface area contributed by atoms with E-state index in [1.807, 2.05) is 6.07 Å². The van der Waals surface area contributed by atoms with E-state index in [2.05, 4.69) is 23.7 Å². The Labute approximate surface area is 112 Å². The Morgan fingerprint density at radius 3 is 2.95 bits per heavy atom. The van der Waals surface area contributed by atoms with E-state index in [-0.39, 0.29) is 5.82 Å². The second-order valence-electron chi connectivity index (χ2n) is 5.61. The predicted octanol–water partition coefficient (Wildman–Crippen LogP) is 3.22. The molecule has 2 aromatic rings. The van der Waals surface area contributed by atoms with Crippen molar-refractivity contribution in [2.45, 2.75) is 38.6 Å². The lowest BCUT2D eigenvalue weighted by Gasteiger charge is -2.24. The smallest absolute Gasteiger partial charge is 0.125 e. The summed E-state index contributed by atoms with van der Waals surface area (Å²) < 4.78 is 15.6. The minimum Gasteiger partial charge on any atom is -0.325 e. The average molecular weight is 261 g/mol. The SMILES string of the molecule is CC(C)n1c(C2CCCNC2)nc2cc(F)ccc21. The predicted molar refractivity (Wildman–Crippen MR) is 74.9 cm³/mol. The van der Waals surface area contributed by atoms with Crippen LogP contribution in [0.4, 0.5) is 4.39 Å². The van der Waals surface area contributed by atoms with Gasteiger partial charge in [0.1, 0.15) is 11.6 Å². The van der Waals surface area contributed by atoms with Gasteiger partial charge >= 0.3 is 0 Å². The standard InChI is InChI=1S/C15H20FN3/c1-10(2)19-14-6-5-12(16)8-13(14)18-15(19)11-4-3-7-17-9-11/h5-6,8,10-11,17H,3-4,7,9H2,1-2H3. The van der Waals surface area contributed by atoms with E-state index < -0.39 is 0 Å². The molecule has 1 aliphatic rings. The van der Waals surface area contributed by atoms with Gasteiger partial charge in [0.25, 0.3) is 0 Å². The molecule has 0 radical (unpaired) electrons. The van der Waals surface area contributed by atoms with Crippen molar-refractivity contribution in [3.63, 3.8) is 0 Å². The number of rotatable bonds is 2. The quantitative estimate of drug-likeness (QED) is 0.899. The molecule has 0 amide bonds. The largest absolute Gasteiger partial charge is 0.325 e. The number of aromatic nitrogens is 2. The average Bonchev–Trinajstić information content (AvgIpc) is 2.78. The Morgan fingerprint density at radius 2 is 2.26 bits per heavy atom. The molecule has 3 rings (SSSR count). The number of fused-ring (bicyclic) bond motifs is 1. The van der Waals surface area contributed by atoms with Crippen molar-refractivity contribution in [3.8, 4) is 0 Å². The zero-order valence-electron chi connectivity index (χ0n) is 11.5. The van der Waals surface area contributed by atoms with Gasteiger partial charge in [-0.2, -0.15) is 0 Å². The Balaban J connectivity index is 2.13. The Kier molecular flexibility index (Phi) is 3.27. The molecule has 1 N–H and O–H groups in total. The third-order valence-corrected chi connectivity index (χ3v) is 3.86. The van der Waals surface area contributed by atoms with Crippen LogP contribution in [0.15, 0.2) is 18.2 Å². The molecule has 0 aliphatic carbocycles. The minimum atomic E-state index is -0.214. The highest BCUT2D eigenvalue weighted by Gasteiger charge is 2.23. The normalized spacial score (nSPS) is 20.3. The zero-order valence-corrected chi connectivity index (χ0v) is 11.5. The fourth-order valence-electron chi connectivity index (χ4n) is 2.99. The molecule has 1 saturated heterocycles. The highest BCUT2D eigenvalue weighted by atomic mass is 19.1. The van der Waals surface area contributed by atoms with Crippen LogP contribution in [-0.2, 0) is 0 Å². The van der Waals surface area contributed by atoms with Gasteiger partial charge in [0, 0.05) is 24.6 Å². The number of hydrogen-bond donors (Lipinski definition) is 1. The van der Waals surface area contributed by atoms with E-state index in [0.29, 0.717) is 12.0 Å². The van der Waals surface area contributed by atoms with Crippen molar-refractivity contribution in [1.29, 1.82) is 0 Å². The lowest BCUT2D eigenvalue weighted by Crippen LogP contribution is -2.30. The van der Waals surface area contributed by atoms with Crippen LogP contribution in [0.2, 0.25) is 0 Å². The van der Waals surface area contributed by atoms with Crippen LogP contribution >= 0.6 is 0 Å². The van der Waals surface area contributed by atoms with Gasteiger partial charge in [0.15, 0.2) is 0 Å². The molecule has 1 aliphatic heterocycles. The van der Waals surface area contributed by atoms with Crippen LogP contribution in [-0.4, -0.2) is 22.6 Å². The molecule has 4 heteroatoms. The number of piperidine rings is 1. The van der Waals surface area contributed by atoms with E-state index in [1.54, 1.807) is 0 Å². The molecule has 0 bridgehead atoms. The highest BCUT2D eigenvalue weighted by molar-refractivity contribution is 5.76. The second kappa shape index (κ2) is 4.93. The lowest BCUT2D eigenvalue weighted by atomic mass is 9.98. The zero-order chi connectivity index (χ0) is 13.4. The van der Waals surface area contributed by atoms with Crippen LogP contribution < -0.4 is 5.32 Å². The molecular formula is C15H20FN3. The summed E-state index contributed by atoms with van der Waals surface area (Å²) in [5, 5.41) is 3.43. The number of nitrogens with zero attached hydrogens (tertiary/aromatic N) is 2. The fraction of sp³-hybridized carbons (Fsp3) is 0.533. The van der Waals surface area contributed by atoms with Gasteiger partial charge in [-0.25, -0.2) is 9.37 Å². The molecule has 0 saturated carbocycles.